The molecule has 0 aromatic heterocycles. The van der Waals surface area contributed by atoms with Gasteiger partial charge in [0.25, 0.3) is 0 Å². The minimum atomic E-state index is -0.860. The summed E-state index contributed by atoms with van der Waals surface area (Å²) in [5, 5.41) is 30.2. The molecule has 0 aliphatic heterocycles. The number of ether oxygens (including phenoxy) is 2. The molecule has 2 aromatic carbocycles. The maximum atomic E-state index is 13.1. The average Bonchev–Trinajstić information content (AvgIpc) is 2.59. The minimum absolute atomic E-state index is 0.0341. The summed E-state index contributed by atoms with van der Waals surface area (Å²) in [7, 11) is 1.14. The molecule has 7 heteroatoms. The largest absolute Gasteiger partial charge is 0.508 e. The Morgan fingerprint density at radius 3 is 2.19 bits per heavy atom. The number of carbonyl (C=O) groups is 2. The summed E-state index contributed by atoms with van der Waals surface area (Å²) in [6, 6.07) is 4.93. The van der Waals surface area contributed by atoms with E-state index in [0.717, 1.165) is 19.6 Å². The zero-order chi connectivity index (χ0) is 20.1. The van der Waals surface area contributed by atoms with Crippen LogP contribution in [-0.2, 0) is 4.74 Å². The van der Waals surface area contributed by atoms with Gasteiger partial charge in [-0.25, -0.2) is 4.79 Å². The van der Waals surface area contributed by atoms with Crippen molar-refractivity contribution in [1.29, 1.82) is 0 Å². The van der Waals surface area contributed by atoms with Crippen LogP contribution in [0.1, 0.15) is 51.6 Å². The lowest BCUT2D eigenvalue weighted by atomic mass is 9.95. The van der Waals surface area contributed by atoms with E-state index in [-0.39, 0.29) is 34.8 Å². The molecule has 0 fully saturated rings. The molecule has 0 bridgehead atoms. The molecule has 0 saturated carbocycles. The molecule has 0 heterocycles. The average molecular weight is 374 g/mol. The van der Waals surface area contributed by atoms with Crippen LogP contribution in [-0.4, -0.2) is 40.8 Å². The number of aryl methyl sites for hydroxylation is 1. The first-order chi connectivity index (χ1) is 12.8. The van der Waals surface area contributed by atoms with Crippen LogP contribution in [0.3, 0.4) is 0 Å². The number of ketones is 1. The van der Waals surface area contributed by atoms with Gasteiger partial charge in [0, 0.05) is 6.07 Å². The molecular weight excluding hydrogens is 352 g/mol. The third kappa shape index (κ3) is 4.31. The van der Waals surface area contributed by atoms with Crippen molar-refractivity contribution in [2.24, 2.45) is 0 Å². The van der Waals surface area contributed by atoms with Gasteiger partial charge in [0.2, 0.25) is 5.78 Å². The van der Waals surface area contributed by atoms with Crippen LogP contribution in [0.15, 0.2) is 24.3 Å². The van der Waals surface area contributed by atoms with Crippen molar-refractivity contribution in [3.05, 3.63) is 46.5 Å². The fraction of sp³-hybridized carbons (Fsp3) is 0.300. The number of benzene rings is 2. The molecule has 2 aromatic rings. The standard InChI is InChI=1S/C20H22O7/c1-4-5-6-27-16-10-12(21)9-13(20(25)26-3)17(16)19(24)18-14(22)7-11(2)8-15(18)23/h7-10,21-23H,4-6H2,1-3H3. The van der Waals surface area contributed by atoms with E-state index in [0.29, 0.717) is 12.0 Å². The monoisotopic (exact) mass is 374 g/mol. The number of hydrogen-bond acceptors (Lipinski definition) is 7. The van der Waals surface area contributed by atoms with Crippen LogP contribution in [0.4, 0.5) is 0 Å². The Balaban J connectivity index is 2.68. The maximum absolute atomic E-state index is 13.1. The number of phenols is 3. The normalized spacial score (nSPS) is 10.5. The molecule has 0 saturated heterocycles. The smallest absolute Gasteiger partial charge is 0.338 e. The Kier molecular flexibility index (Phi) is 6.28. The third-order valence-corrected chi connectivity index (χ3v) is 3.94. The summed E-state index contributed by atoms with van der Waals surface area (Å²) >= 11 is 0. The molecule has 0 amide bonds. The zero-order valence-electron chi connectivity index (χ0n) is 15.4. The van der Waals surface area contributed by atoms with Crippen molar-refractivity contribution in [3.63, 3.8) is 0 Å². The van der Waals surface area contributed by atoms with Crippen LogP contribution in [0.25, 0.3) is 0 Å². The van der Waals surface area contributed by atoms with Gasteiger partial charge in [-0.2, -0.15) is 0 Å². The Bertz CT molecular complexity index is 848. The lowest BCUT2D eigenvalue weighted by Crippen LogP contribution is -2.14. The van der Waals surface area contributed by atoms with Gasteiger partial charge in [-0.1, -0.05) is 13.3 Å². The van der Waals surface area contributed by atoms with Crippen molar-refractivity contribution in [2.45, 2.75) is 26.7 Å². The summed E-state index contributed by atoms with van der Waals surface area (Å²) in [5.41, 5.74) is -0.241. The maximum Gasteiger partial charge on any atom is 0.338 e. The van der Waals surface area contributed by atoms with E-state index in [2.05, 4.69) is 0 Å². The van der Waals surface area contributed by atoms with E-state index in [1.165, 1.54) is 18.2 Å². The number of rotatable bonds is 7. The minimum Gasteiger partial charge on any atom is -0.508 e. The molecule has 2 rings (SSSR count). The number of carbonyl (C=O) groups excluding carboxylic acids is 2. The fourth-order valence-electron chi connectivity index (χ4n) is 2.65. The van der Waals surface area contributed by atoms with Gasteiger partial charge in [0.15, 0.2) is 0 Å². The van der Waals surface area contributed by atoms with Gasteiger partial charge in [-0.3, -0.25) is 4.79 Å². The van der Waals surface area contributed by atoms with Gasteiger partial charge in [0.1, 0.15) is 28.6 Å². The van der Waals surface area contributed by atoms with Crippen LogP contribution >= 0.6 is 0 Å². The van der Waals surface area contributed by atoms with E-state index in [9.17, 15) is 24.9 Å². The highest BCUT2D eigenvalue weighted by molar-refractivity contribution is 6.18. The molecule has 0 aliphatic carbocycles. The number of aromatic hydroxyl groups is 3. The molecule has 0 atom stereocenters. The number of phenolic OH excluding ortho intramolecular Hbond substituents is 3. The van der Waals surface area contributed by atoms with E-state index < -0.39 is 23.3 Å². The van der Waals surface area contributed by atoms with Gasteiger partial charge in [-0.15, -0.1) is 0 Å². The number of unbranched alkanes of at least 4 members (excludes halogenated alkanes) is 1. The Morgan fingerprint density at radius 1 is 1.00 bits per heavy atom. The molecule has 144 valence electrons. The van der Waals surface area contributed by atoms with Crippen LogP contribution in [0.5, 0.6) is 23.0 Å². The lowest BCUT2D eigenvalue weighted by Gasteiger charge is -2.16. The number of methoxy groups -OCH3 is 1. The summed E-state index contributed by atoms with van der Waals surface area (Å²) < 4.78 is 10.3. The van der Waals surface area contributed by atoms with Crippen molar-refractivity contribution in [3.8, 4) is 23.0 Å². The van der Waals surface area contributed by atoms with Crippen molar-refractivity contribution in [2.75, 3.05) is 13.7 Å². The SMILES string of the molecule is CCCCOc1cc(O)cc(C(=O)OC)c1C(=O)c1c(O)cc(C)cc1O. The molecule has 0 aliphatic rings. The third-order valence-electron chi connectivity index (χ3n) is 3.94. The van der Waals surface area contributed by atoms with E-state index in [4.69, 9.17) is 9.47 Å². The highest BCUT2D eigenvalue weighted by atomic mass is 16.5. The first kappa shape index (κ1) is 20.1. The molecular formula is C20H22O7. The summed E-state index contributed by atoms with van der Waals surface area (Å²) in [5.74, 6) is -2.86. The van der Waals surface area contributed by atoms with Gasteiger partial charge in [0.05, 0.1) is 24.8 Å². The van der Waals surface area contributed by atoms with Crippen LogP contribution in [0.2, 0.25) is 0 Å². The Morgan fingerprint density at radius 2 is 1.63 bits per heavy atom. The van der Waals surface area contributed by atoms with E-state index >= 15 is 0 Å². The first-order valence-corrected chi connectivity index (χ1v) is 8.45. The summed E-state index contributed by atoms with van der Waals surface area (Å²) in [6.45, 7) is 3.86. The predicted octanol–water partition coefficient (Wildman–Crippen LogP) is 3.31. The van der Waals surface area contributed by atoms with Crippen LogP contribution < -0.4 is 4.74 Å². The van der Waals surface area contributed by atoms with Gasteiger partial charge < -0.3 is 24.8 Å². The van der Waals surface area contributed by atoms with Crippen molar-refractivity contribution in [1.82, 2.24) is 0 Å². The van der Waals surface area contributed by atoms with Crippen molar-refractivity contribution < 1.29 is 34.4 Å². The van der Waals surface area contributed by atoms with E-state index in [1.54, 1.807) is 6.92 Å². The molecule has 0 unspecified atom stereocenters. The second kappa shape index (κ2) is 8.44. The topological polar surface area (TPSA) is 113 Å². The highest BCUT2D eigenvalue weighted by Gasteiger charge is 2.29. The highest BCUT2D eigenvalue weighted by Crippen LogP contribution is 2.36. The van der Waals surface area contributed by atoms with Crippen molar-refractivity contribution >= 4 is 11.8 Å². The van der Waals surface area contributed by atoms with E-state index in [1.807, 2.05) is 6.92 Å². The second-order valence-electron chi connectivity index (χ2n) is 6.07. The predicted molar refractivity (Wildman–Crippen MR) is 97.8 cm³/mol. The fourth-order valence-corrected chi connectivity index (χ4v) is 2.65. The number of hydrogen-bond donors (Lipinski definition) is 3. The molecule has 7 nitrogen and oxygen atoms in total. The van der Waals surface area contributed by atoms with Crippen LogP contribution in [0, 0.1) is 6.92 Å². The van der Waals surface area contributed by atoms with Gasteiger partial charge >= 0.3 is 5.97 Å². The zero-order valence-corrected chi connectivity index (χ0v) is 15.4. The first-order valence-electron chi connectivity index (χ1n) is 8.45. The molecule has 0 radical (unpaired) electrons. The molecule has 27 heavy (non-hydrogen) atoms. The van der Waals surface area contributed by atoms with Gasteiger partial charge in [-0.05, 0) is 37.1 Å². The molecule has 0 spiro atoms. The summed E-state index contributed by atoms with van der Waals surface area (Å²) in [4.78, 5) is 25.3. The Hall–Kier alpha value is -3.22. The Labute approximate surface area is 156 Å². The summed E-state index contributed by atoms with van der Waals surface area (Å²) in [6.07, 6.45) is 1.53. The quantitative estimate of drug-likeness (QED) is 0.387. The molecule has 3 N–H and O–H groups in total. The lowest BCUT2D eigenvalue weighted by molar-refractivity contribution is 0.0596. The number of esters is 1. The second-order valence-corrected chi connectivity index (χ2v) is 6.07.